The fraction of sp³-hybridized carbons (Fsp3) is 0.867. The van der Waals surface area contributed by atoms with Crippen molar-refractivity contribution in [1.29, 1.82) is 0 Å². The highest BCUT2D eigenvalue weighted by Crippen LogP contribution is 2.51. The molecule has 0 nitrogen and oxygen atoms in total. The molecule has 88 valence electrons. The monoisotopic (exact) mass is 208 g/mol. The van der Waals surface area contributed by atoms with E-state index in [2.05, 4.69) is 41.2 Å². The molecule has 1 saturated carbocycles. The number of rotatable bonds is 3. The van der Waals surface area contributed by atoms with Crippen LogP contribution < -0.4 is 0 Å². The smallest absolute Gasteiger partial charge is 0.0275 e. The largest absolute Gasteiger partial charge is 0.0999 e. The zero-order valence-corrected chi connectivity index (χ0v) is 11.3. The van der Waals surface area contributed by atoms with Crippen LogP contribution in [0.2, 0.25) is 0 Å². The standard InChI is InChI=1S/C15H28/c1-7-14(3,4)15(5,6)13-10-8-12(2)9-11-13/h13H,2,7-11H2,1,3-6H3. The highest BCUT2D eigenvalue weighted by Gasteiger charge is 2.42. The van der Waals surface area contributed by atoms with Crippen molar-refractivity contribution in [2.45, 2.75) is 66.7 Å². The first-order valence-corrected chi connectivity index (χ1v) is 6.48. The second-order valence-electron chi connectivity index (χ2n) is 6.48. The van der Waals surface area contributed by atoms with E-state index >= 15 is 0 Å². The van der Waals surface area contributed by atoms with Gasteiger partial charge in [0, 0.05) is 0 Å². The summed E-state index contributed by atoms with van der Waals surface area (Å²) in [6, 6.07) is 0. The molecule has 0 unspecified atom stereocenters. The summed E-state index contributed by atoms with van der Waals surface area (Å²) in [5, 5.41) is 0. The summed E-state index contributed by atoms with van der Waals surface area (Å²) in [4.78, 5) is 0. The normalized spacial score (nSPS) is 20.7. The van der Waals surface area contributed by atoms with E-state index in [0.717, 1.165) is 5.92 Å². The van der Waals surface area contributed by atoms with Crippen molar-refractivity contribution in [3.63, 3.8) is 0 Å². The van der Waals surface area contributed by atoms with E-state index in [9.17, 15) is 0 Å². The molecule has 0 aliphatic heterocycles. The SMILES string of the molecule is C=C1CCC(C(C)(C)C(C)(C)CC)CC1. The number of hydrogen-bond acceptors (Lipinski definition) is 0. The molecule has 0 spiro atoms. The van der Waals surface area contributed by atoms with Crippen LogP contribution in [0, 0.1) is 16.7 Å². The Bertz CT molecular complexity index is 222. The Morgan fingerprint density at radius 1 is 1.13 bits per heavy atom. The second-order valence-corrected chi connectivity index (χ2v) is 6.48. The summed E-state index contributed by atoms with van der Waals surface area (Å²) in [6.45, 7) is 16.2. The molecule has 0 saturated heterocycles. The predicted molar refractivity (Wildman–Crippen MR) is 69.0 cm³/mol. The van der Waals surface area contributed by atoms with Crippen molar-refractivity contribution in [2.24, 2.45) is 16.7 Å². The van der Waals surface area contributed by atoms with Crippen molar-refractivity contribution in [3.05, 3.63) is 12.2 Å². The molecule has 0 aromatic rings. The third-order valence-corrected chi connectivity index (χ3v) is 5.34. The third-order valence-electron chi connectivity index (χ3n) is 5.34. The van der Waals surface area contributed by atoms with Crippen molar-refractivity contribution < 1.29 is 0 Å². The summed E-state index contributed by atoms with van der Waals surface area (Å²) in [5.74, 6) is 0.887. The van der Waals surface area contributed by atoms with Gasteiger partial charge < -0.3 is 0 Å². The van der Waals surface area contributed by atoms with Gasteiger partial charge in [-0.25, -0.2) is 0 Å². The first kappa shape index (κ1) is 12.8. The quantitative estimate of drug-likeness (QED) is 0.559. The first-order valence-electron chi connectivity index (χ1n) is 6.48. The van der Waals surface area contributed by atoms with Crippen molar-refractivity contribution in [3.8, 4) is 0 Å². The van der Waals surface area contributed by atoms with E-state index < -0.39 is 0 Å². The van der Waals surface area contributed by atoms with Crippen molar-refractivity contribution >= 4 is 0 Å². The molecule has 0 aromatic heterocycles. The van der Waals surface area contributed by atoms with Crippen LogP contribution in [0.5, 0.6) is 0 Å². The Hall–Kier alpha value is -0.260. The number of hydrogen-bond donors (Lipinski definition) is 0. The van der Waals surface area contributed by atoms with Crippen LogP contribution in [0.1, 0.15) is 66.7 Å². The molecule has 0 atom stereocenters. The van der Waals surface area contributed by atoms with Gasteiger partial charge in [0.1, 0.15) is 0 Å². The van der Waals surface area contributed by atoms with E-state index in [1.165, 1.54) is 37.7 Å². The van der Waals surface area contributed by atoms with E-state index in [1.54, 1.807) is 0 Å². The van der Waals surface area contributed by atoms with E-state index in [4.69, 9.17) is 0 Å². The molecule has 0 N–H and O–H groups in total. The zero-order valence-electron chi connectivity index (χ0n) is 11.3. The van der Waals surface area contributed by atoms with Gasteiger partial charge in [-0.05, 0) is 42.4 Å². The Balaban J connectivity index is 2.73. The number of allylic oxidation sites excluding steroid dienone is 1. The minimum absolute atomic E-state index is 0.455. The molecular formula is C15H28. The highest BCUT2D eigenvalue weighted by molar-refractivity contribution is 5.02. The topological polar surface area (TPSA) is 0 Å². The summed E-state index contributed by atoms with van der Waals surface area (Å²) in [5.41, 5.74) is 2.38. The van der Waals surface area contributed by atoms with Crippen LogP contribution in [0.15, 0.2) is 12.2 Å². The van der Waals surface area contributed by atoms with Gasteiger partial charge in [0.05, 0.1) is 0 Å². The fourth-order valence-electron chi connectivity index (χ4n) is 2.76. The van der Waals surface area contributed by atoms with Gasteiger partial charge >= 0.3 is 0 Å². The van der Waals surface area contributed by atoms with Gasteiger partial charge in [-0.1, -0.05) is 53.2 Å². The molecule has 0 aromatic carbocycles. The van der Waals surface area contributed by atoms with Crippen molar-refractivity contribution in [1.82, 2.24) is 0 Å². The van der Waals surface area contributed by atoms with Gasteiger partial charge in [0.15, 0.2) is 0 Å². The Labute approximate surface area is 96.2 Å². The molecule has 1 fully saturated rings. The molecule has 0 heterocycles. The molecular weight excluding hydrogens is 180 g/mol. The molecule has 1 aliphatic rings. The summed E-state index contributed by atoms with van der Waals surface area (Å²) >= 11 is 0. The van der Waals surface area contributed by atoms with Crippen LogP contribution in [0.4, 0.5) is 0 Å². The molecule has 1 rings (SSSR count). The van der Waals surface area contributed by atoms with E-state index in [0.29, 0.717) is 10.8 Å². The van der Waals surface area contributed by atoms with E-state index in [1.807, 2.05) is 0 Å². The lowest BCUT2D eigenvalue weighted by Crippen LogP contribution is -2.39. The van der Waals surface area contributed by atoms with Crippen LogP contribution in [0.3, 0.4) is 0 Å². The Morgan fingerprint density at radius 3 is 2.00 bits per heavy atom. The lowest BCUT2D eigenvalue weighted by molar-refractivity contribution is 0.0214. The summed E-state index contributed by atoms with van der Waals surface area (Å²) in [7, 11) is 0. The third kappa shape index (κ3) is 2.46. The molecule has 0 bridgehead atoms. The minimum atomic E-state index is 0.455. The van der Waals surface area contributed by atoms with Crippen LogP contribution in [-0.4, -0.2) is 0 Å². The van der Waals surface area contributed by atoms with Crippen LogP contribution in [-0.2, 0) is 0 Å². The van der Waals surface area contributed by atoms with Crippen LogP contribution >= 0.6 is 0 Å². The van der Waals surface area contributed by atoms with Crippen molar-refractivity contribution in [2.75, 3.05) is 0 Å². The minimum Gasteiger partial charge on any atom is -0.0999 e. The van der Waals surface area contributed by atoms with Gasteiger partial charge in [0.25, 0.3) is 0 Å². The van der Waals surface area contributed by atoms with Gasteiger partial charge in [0.2, 0.25) is 0 Å². The highest BCUT2D eigenvalue weighted by atomic mass is 14.5. The molecule has 1 aliphatic carbocycles. The molecule has 0 radical (unpaired) electrons. The molecule has 0 heteroatoms. The molecule has 15 heavy (non-hydrogen) atoms. The molecule has 0 amide bonds. The predicted octanol–water partition coefficient (Wildman–Crippen LogP) is 5.20. The second kappa shape index (κ2) is 4.31. The maximum Gasteiger partial charge on any atom is -0.0275 e. The summed E-state index contributed by atoms with van der Waals surface area (Å²) in [6.07, 6.45) is 6.50. The van der Waals surface area contributed by atoms with Gasteiger partial charge in [-0.3, -0.25) is 0 Å². The van der Waals surface area contributed by atoms with E-state index in [-0.39, 0.29) is 0 Å². The zero-order chi connectivity index (χ0) is 11.7. The first-order chi connectivity index (χ1) is 6.81. The lowest BCUT2D eigenvalue weighted by atomic mass is 9.57. The van der Waals surface area contributed by atoms with Gasteiger partial charge in [-0.2, -0.15) is 0 Å². The van der Waals surface area contributed by atoms with Gasteiger partial charge in [-0.15, -0.1) is 0 Å². The lowest BCUT2D eigenvalue weighted by Gasteiger charge is -2.48. The fourth-order valence-corrected chi connectivity index (χ4v) is 2.76. The van der Waals surface area contributed by atoms with Crippen LogP contribution in [0.25, 0.3) is 0 Å². The maximum atomic E-state index is 4.11. The summed E-state index contributed by atoms with van der Waals surface area (Å²) < 4.78 is 0. The maximum absolute atomic E-state index is 4.11. The average Bonchev–Trinajstić information content (AvgIpc) is 2.18. The Morgan fingerprint density at radius 2 is 1.60 bits per heavy atom. The average molecular weight is 208 g/mol. The Kier molecular flexibility index (Phi) is 3.68.